The van der Waals surface area contributed by atoms with Crippen LogP contribution in [0.4, 0.5) is 5.69 Å². The second kappa shape index (κ2) is 6.13. The summed E-state index contributed by atoms with van der Waals surface area (Å²) in [5, 5.41) is 3.14. The lowest BCUT2D eigenvalue weighted by Gasteiger charge is -2.28. The van der Waals surface area contributed by atoms with Gasteiger partial charge in [-0.2, -0.15) is 0 Å². The number of aromatic nitrogens is 1. The topological polar surface area (TPSA) is 60.0 Å². The normalized spacial score (nSPS) is 18.2. The van der Waals surface area contributed by atoms with Gasteiger partial charge in [0.2, 0.25) is 0 Å². The van der Waals surface area contributed by atoms with Crippen molar-refractivity contribution < 1.29 is 4.79 Å². The number of nitrogens with zero attached hydrogens (tertiary/aromatic N) is 1. The zero-order chi connectivity index (χ0) is 13.8. The van der Waals surface area contributed by atoms with Crippen molar-refractivity contribution in [3.8, 4) is 0 Å². The Bertz CT molecular complexity index is 433. The van der Waals surface area contributed by atoms with E-state index >= 15 is 0 Å². The Kier molecular flexibility index (Phi) is 4.51. The van der Waals surface area contributed by atoms with Crippen LogP contribution in [0.1, 0.15) is 56.4 Å². The molecule has 1 atom stereocenters. The van der Waals surface area contributed by atoms with E-state index in [1.54, 1.807) is 6.07 Å². The summed E-state index contributed by atoms with van der Waals surface area (Å²) in [6.45, 7) is 4.90. The SMILES string of the molecule is CCn1cc(N)cc1C(=O)NC(C)C1CCCCC1. The molecule has 2 rings (SSSR count). The molecular weight excluding hydrogens is 238 g/mol. The largest absolute Gasteiger partial charge is 0.397 e. The third kappa shape index (κ3) is 3.31. The van der Waals surface area contributed by atoms with E-state index in [9.17, 15) is 4.79 Å². The molecular formula is C15H25N3O. The number of carbonyl (C=O) groups excluding carboxylic acids is 1. The monoisotopic (exact) mass is 263 g/mol. The summed E-state index contributed by atoms with van der Waals surface area (Å²) in [6, 6.07) is 2.00. The van der Waals surface area contributed by atoms with Crippen molar-refractivity contribution in [1.82, 2.24) is 9.88 Å². The molecule has 3 N–H and O–H groups in total. The second-order valence-electron chi connectivity index (χ2n) is 5.60. The van der Waals surface area contributed by atoms with Crippen molar-refractivity contribution in [3.63, 3.8) is 0 Å². The first-order valence-corrected chi connectivity index (χ1v) is 7.38. The van der Waals surface area contributed by atoms with Crippen LogP contribution in [0.25, 0.3) is 0 Å². The van der Waals surface area contributed by atoms with Gasteiger partial charge >= 0.3 is 0 Å². The van der Waals surface area contributed by atoms with Gasteiger partial charge in [0.05, 0.1) is 5.69 Å². The molecule has 19 heavy (non-hydrogen) atoms. The number of amides is 1. The fourth-order valence-electron chi connectivity index (χ4n) is 3.02. The molecule has 1 fully saturated rings. The van der Waals surface area contributed by atoms with Crippen LogP contribution in [0.2, 0.25) is 0 Å². The maximum atomic E-state index is 12.3. The number of hydrogen-bond donors (Lipinski definition) is 2. The number of nitrogens with two attached hydrogens (primary N) is 1. The molecule has 106 valence electrons. The number of rotatable bonds is 4. The van der Waals surface area contributed by atoms with E-state index < -0.39 is 0 Å². The minimum Gasteiger partial charge on any atom is -0.397 e. The van der Waals surface area contributed by atoms with Crippen molar-refractivity contribution in [1.29, 1.82) is 0 Å². The molecule has 0 radical (unpaired) electrons. The number of anilines is 1. The number of aryl methyl sites for hydroxylation is 1. The van der Waals surface area contributed by atoms with Crippen molar-refractivity contribution in [3.05, 3.63) is 18.0 Å². The van der Waals surface area contributed by atoms with Crippen LogP contribution < -0.4 is 11.1 Å². The van der Waals surface area contributed by atoms with E-state index in [-0.39, 0.29) is 11.9 Å². The van der Waals surface area contributed by atoms with Crippen LogP contribution in [0.15, 0.2) is 12.3 Å². The Hall–Kier alpha value is -1.45. The van der Waals surface area contributed by atoms with E-state index in [4.69, 9.17) is 5.73 Å². The van der Waals surface area contributed by atoms with Crippen LogP contribution >= 0.6 is 0 Å². The number of hydrogen-bond acceptors (Lipinski definition) is 2. The van der Waals surface area contributed by atoms with Crippen molar-refractivity contribution in [2.75, 3.05) is 5.73 Å². The van der Waals surface area contributed by atoms with Crippen molar-refractivity contribution in [2.45, 2.75) is 58.5 Å². The molecule has 1 aliphatic rings. The fraction of sp³-hybridized carbons (Fsp3) is 0.667. The van der Waals surface area contributed by atoms with Crippen molar-refractivity contribution >= 4 is 11.6 Å². The molecule has 0 aromatic carbocycles. The number of nitrogen functional groups attached to an aromatic ring is 1. The summed E-state index contributed by atoms with van der Waals surface area (Å²) in [7, 11) is 0. The third-order valence-corrected chi connectivity index (χ3v) is 4.21. The van der Waals surface area contributed by atoms with Gasteiger partial charge in [0.25, 0.3) is 5.91 Å². The first-order valence-electron chi connectivity index (χ1n) is 7.38. The lowest BCUT2D eigenvalue weighted by molar-refractivity contribution is 0.0910. The lowest BCUT2D eigenvalue weighted by atomic mass is 9.84. The summed E-state index contributed by atoms with van der Waals surface area (Å²) < 4.78 is 1.90. The molecule has 1 amide bonds. The predicted molar refractivity (Wildman–Crippen MR) is 78.0 cm³/mol. The van der Waals surface area contributed by atoms with Gasteiger partial charge in [-0.05, 0) is 38.7 Å². The van der Waals surface area contributed by atoms with Crippen LogP contribution in [0, 0.1) is 5.92 Å². The average Bonchev–Trinajstić information content (AvgIpc) is 2.81. The van der Waals surface area contributed by atoms with E-state index in [0.29, 0.717) is 17.3 Å². The summed E-state index contributed by atoms with van der Waals surface area (Å²) in [5.74, 6) is 0.622. The van der Waals surface area contributed by atoms with Crippen LogP contribution in [-0.2, 0) is 6.54 Å². The Morgan fingerprint density at radius 3 is 2.79 bits per heavy atom. The zero-order valence-corrected chi connectivity index (χ0v) is 12.0. The molecule has 1 heterocycles. The Labute approximate surface area is 115 Å². The zero-order valence-electron chi connectivity index (χ0n) is 12.0. The molecule has 1 aromatic rings. The molecule has 0 aliphatic heterocycles. The lowest BCUT2D eigenvalue weighted by Crippen LogP contribution is -2.39. The molecule has 4 nitrogen and oxygen atoms in total. The quantitative estimate of drug-likeness (QED) is 0.877. The fourth-order valence-corrected chi connectivity index (χ4v) is 3.02. The summed E-state index contributed by atoms with van der Waals surface area (Å²) in [4.78, 5) is 12.3. The van der Waals surface area contributed by atoms with Crippen LogP contribution in [0.3, 0.4) is 0 Å². The molecule has 0 bridgehead atoms. The van der Waals surface area contributed by atoms with Gasteiger partial charge in [-0.1, -0.05) is 19.3 Å². The minimum atomic E-state index is -0.00313. The minimum absolute atomic E-state index is 0.00313. The molecule has 1 aliphatic carbocycles. The van der Waals surface area contributed by atoms with Gasteiger partial charge in [0.1, 0.15) is 5.69 Å². The van der Waals surface area contributed by atoms with E-state index in [1.807, 2.05) is 17.7 Å². The molecule has 0 saturated heterocycles. The van der Waals surface area contributed by atoms with Gasteiger partial charge in [-0.15, -0.1) is 0 Å². The van der Waals surface area contributed by atoms with E-state index in [2.05, 4.69) is 12.2 Å². The molecule has 1 saturated carbocycles. The van der Waals surface area contributed by atoms with Crippen molar-refractivity contribution in [2.24, 2.45) is 5.92 Å². The molecule has 1 aromatic heterocycles. The highest BCUT2D eigenvalue weighted by Crippen LogP contribution is 2.26. The third-order valence-electron chi connectivity index (χ3n) is 4.21. The Morgan fingerprint density at radius 2 is 2.16 bits per heavy atom. The highest BCUT2D eigenvalue weighted by molar-refractivity contribution is 5.94. The highest BCUT2D eigenvalue weighted by atomic mass is 16.2. The maximum Gasteiger partial charge on any atom is 0.268 e. The Morgan fingerprint density at radius 1 is 1.47 bits per heavy atom. The first kappa shape index (κ1) is 14.0. The van der Waals surface area contributed by atoms with Gasteiger partial charge in [0, 0.05) is 18.8 Å². The average molecular weight is 263 g/mol. The first-order chi connectivity index (χ1) is 9.11. The smallest absolute Gasteiger partial charge is 0.268 e. The number of carbonyl (C=O) groups is 1. The van der Waals surface area contributed by atoms with E-state index in [1.165, 1.54) is 32.1 Å². The highest BCUT2D eigenvalue weighted by Gasteiger charge is 2.22. The Balaban J connectivity index is 1.99. The molecule has 0 spiro atoms. The van der Waals surface area contributed by atoms with E-state index in [0.717, 1.165) is 6.54 Å². The molecule has 4 heteroatoms. The van der Waals surface area contributed by atoms with Gasteiger partial charge in [-0.25, -0.2) is 0 Å². The van der Waals surface area contributed by atoms with Crippen LogP contribution in [-0.4, -0.2) is 16.5 Å². The van der Waals surface area contributed by atoms with Gasteiger partial charge in [0.15, 0.2) is 0 Å². The van der Waals surface area contributed by atoms with Crippen LogP contribution in [0.5, 0.6) is 0 Å². The maximum absolute atomic E-state index is 12.3. The standard InChI is InChI=1S/C15H25N3O/c1-3-18-10-13(16)9-14(18)15(19)17-11(2)12-7-5-4-6-8-12/h9-12H,3-8,16H2,1-2H3,(H,17,19). The second-order valence-corrected chi connectivity index (χ2v) is 5.60. The van der Waals surface area contributed by atoms with Gasteiger partial charge in [-0.3, -0.25) is 4.79 Å². The summed E-state index contributed by atoms with van der Waals surface area (Å²) in [5.41, 5.74) is 7.08. The number of nitrogens with one attached hydrogen (secondary N) is 1. The predicted octanol–water partition coefficient (Wildman–Crippen LogP) is 2.79. The molecule has 1 unspecified atom stereocenters. The van der Waals surface area contributed by atoms with Gasteiger partial charge < -0.3 is 15.6 Å². The summed E-state index contributed by atoms with van der Waals surface area (Å²) >= 11 is 0. The summed E-state index contributed by atoms with van der Waals surface area (Å²) in [6.07, 6.45) is 8.22.